The summed E-state index contributed by atoms with van der Waals surface area (Å²) in [7, 11) is 0. The standard InChI is InChI=1S/C11H8IN3S/c1-16-11(8(6-13)7-14)15-10-4-2-9(12)3-5-10/h2-5,15H,1H3. The van der Waals surface area contributed by atoms with Gasteiger partial charge in [0.2, 0.25) is 0 Å². The first-order valence-corrected chi connectivity index (χ1v) is 6.62. The van der Waals surface area contributed by atoms with Crippen LogP contribution in [0.1, 0.15) is 0 Å². The third-order valence-corrected chi connectivity index (χ3v) is 3.19. The highest BCUT2D eigenvalue weighted by Crippen LogP contribution is 2.20. The number of nitrogens with zero attached hydrogens (tertiary/aromatic N) is 2. The summed E-state index contributed by atoms with van der Waals surface area (Å²) < 4.78 is 1.14. The van der Waals surface area contributed by atoms with Crippen LogP contribution >= 0.6 is 34.4 Å². The van der Waals surface area contributed by atoms with E-state index in [2.05, 4.69) is 27.9 Å². The van der Waals surface area contributed by atoms with Gasteiger partial charge in [-0.2, -0.15) is 10.5 Å². The Balaban J connectivity index is 2.96. The fourth-order valence-electron chi connectivity index (χ4n) is 1.01. The van der Waals surface area contributed by atoms with Crippen molar-refractivity contribution < 1.29 is 0 Å². The predicted molar refractivity (Wildman–Crippen MR) is 74.5 cm³/mol. The van der Waals surface area contributed by atoms with E-state index in [1.54, 1.807) is 0 Å². The minimum atomic E-state index is 0.103. The van der Waals surface area contributed by atoms with Crippen molar-refractivity contribution in [2.75, 3.05) is 11.6 Å². The Bertz CT molecular complexity index is 463. The lowest BCUT2D eigenvalue weighted by molar-refractivity contribution is 1.43. The molecule has 0 unspecified atom stereocenters. The summed E-state index contributed by atoms with van der Waals surface area (Å²) in [5.74, 6) is 0. The van der Waals surface area contributed by atoms with E-state index in [1.807, 2.05) is 42.7 Å². The van der Waals surface area contributed by atoms with E-state index in [9.17, 15) is 0 Å². The number of allylic oxidation sites excluding steroid dienone is 1. The minimum Gasteiger partial charge on any atom is -0.349 e. The lowest BCUT2D eigenvalue weighted by atomic mass is 10.3. The minimum absolute atomic E-state index is 0.103. The molecule has 0 bridgehead atoms. The Morgan fingerprint density at radius 2 is 1.81 bits per heavy atom. The summed E-state index contributed by atoms with van der Waals surface area (Å²) in [4.78, 5) is 0. The summed E-state index contributed by atoms with van der Waals surface area (Å²) in [6, 6.07) is 11.5. The molecule has 16 heavy (non-hydrogen) atoms. The second-order valence-corrected chi connectivity index (χ2v) is 4.83. The van der Waals surface area contributed by atoms with Gasteiger partial charge in [-0.1, -0.05) is 0 Å². The molecular formula is C11H8IN3S. The van der Waals surface area contributed by atoms with Gasteiger partial charge in [-0.25, -0.2) is 0 Å². The number of thioether (sulfide) groups is 1. The van der Waals surface area contributed by atoms with E-state index in [1.165, 1.54) is 11.8 Å². The topological polar surface area (TPSA) is 59.6 Å². The number of nitriles is 2. The van der Waals surface area contributed by atoms with Crippen LogP contribution in [0.25, 0.3) is 0 Å². The number of rotatable bonds is 3. The highest BCUT2D eigenvalue weighted by Gasteiger charge is 2.05. The molecule has 0 saturated heterocycles. The lowest BCUT2D eigenvalue weighted by Gasteiger charge is -2.08. The van der Waals surface area contributed by atoms with Gasteiger partial charge in [-0.15, -0.1) is 11.8 Å². The number of halogens is 1. The Labute approximate surface area is 112 Å². The zero-order valence-electron chi connectivity index (χ0n) is 8.49. The normalized spacial score (nSPS) is 8.75. The van der Waals surface area contributed by atoms with Crippen molar-refractivity contribution in [3.63, 3.8) is 0 Å². The predicted octanol–water partition coefficient (Wildman–Crippen LogP) is 3.32. The van der Waals surface area contributed by atoms with Gasteiger partial charge in [0.1, 0.15) is 17.2 Å². The average molecular weight is 341 g/mol. The molecule has 1 aromatic carbocycles. The van der Waals surface area contributed by atoms with Crippen molar-refractivity contribution in [1.82, 2.24) is 0 Å². The molecule has 0 saturated carbocycles. The fraction of sp³-hybridized carbons (Fsp3) is 0.0909. The van der Waals surface area contributed by atoms with E-state index < -0.39 is 0 Å². The molecule has 80 valence electrons. The van der Waals surface area contributed by atoms with Crippen LogP contribution in [-0.2, 0) is 0 Å². The molecule has 1 N–H and O–H groups in total. The van der Waals surface area contributed by atoms with Crippen LogP contribution in [0.4, 0.5) is 5.69 Å². The number of benzene rings is 1. The van der Waals surface area contributed by atoms with E-state index in [-0.39, 0.29) is 5.57 Å². The highest BCUT2D eigenvalue weighted by atomic mass is 127. The van der Waals surface area contributed by atoms with Crippen molar-refractivity contribution in [1.29, 1.82) is 10.5 Å². The second kappa shape index (κ2) is 6.41. The van der Waals surface area contributed by atoms with Crippen LogP contribution in [-0.4, -0.2) is 6.26 Å². The average Bonchev–Trinajstić information content (AvgIpc) is 2.32. The zero-order chi connectivity index (χ0) is 12.0. The molecule has 0 radical (unpaired) electrons. The van der Waals surface area contributed by atoms with Gasteiger partial charge < -0.3 is 5.32 Å². The highest BCUT2D eigenvalue weighted by molar-refractivity contribution is 14.1. The van der Waals surface area contributed by atoms with Crippen LogP contribution in [0.2, 0.25) is 0 Å². The van der Waals surface area contributed by atoms with Crippen molar-refractivity contribution in [3.05, 3.63) is 38.4 Å². The van der Waals surface area contributed by atoms with Gasteiger partial charge in [-0.05, 0) is 53.1 Å². The summed E-state index contributed by atoms with van der Waals surface area (Å²) in [6.45, 7) is 0. The number of hydrogen-bond acceptors (Lipinski definition) is 4. The first-order chi connectivity index (χ1) is 7.71. The third-order valence-electron chi connectivity index (χ3n) is 1.76. The zero-order valence-corrected chi connectivity index (χ0v) is 11.5. The molecule has 1 rings (SSSR count). The van der Waals surface area contributed by atoms with Crippen molar-refractivity contribution in [3.8, 4) is 12.1 Å². The van der Waals surface area contributed by atoms with Crippen LogP contribution in [0, 0.1) is 26.2 Å². The molecule has 0 heterocycles. The smallest absolute Gasteiger partial charge is 0.159 e. The molecule has 0 spiro atoms. The van der Waals surface area contributed by atoms with Crippen molar-refractivity contribution >= 4 is 40.0 Å². The Morgan fingerprint density at radius 1 is 1.25 bits per heavy atom. The Morgan fingerprint density at radius 3 is 2.25 bits per heavy atom. The first-order valence-electron chi connectivity index (χ1n) is 4.32. The molecule has 3 nitrogen and oxygen atoms in total. The largest absolute Gasteiger partial charge is 0.349 e. The molecule has 0 aliphatic heterocycles. The number of hydrogen-bond donors (Lipinski definition) is 1. The van der Waals surface area contributed by atoms with E-state index >= 15 is 0 Å². The van der Waals surface area contributed by atoms with Gasteiger partial charge in [0.05, 0.1) is 0 Å². The summed E-state index contributed by atoms with van der Waals surface area (Å²) in [5.41, 5.74) is 0.971. The maximum Gasteiger partial charge on any atom is 0.159 e. The van der Waals surface area contributed by atoms with Gasteiger partial charge >= 0.3 is 0 Å². The molecule has 0 amide bonds. The molecular weight excluding hydrogens is 333 g/mol. The molecule has 0 aliphatic rings. The van der Waals surface area contributed by atoms with Crippen LogP contribution in [0.15, 0.2) is 34.9 Å². The quantitative estimate of drug-likeness (QED) is 0.677. The maximum atomic E-state index is 8.76. The molecule has 1 aromatic rings. The lowest BCUT2D eigenvalue weighted by Crippen LogP contribution is -1.98. The fourth-order valence-corrected chi connectivity index (χ4v) is 1.88. The Hall–Kier alpha value is -1.18. The van der Waals surface area contributed by atoms with Gasteiger partial charge in [0.25, 0.3) is 0 Å². The molecule has 5 heteroatoms. The summed E-state index contributed by atoms with van der Waals surface area (Å²) in [6.07, 6.45) is 1.82. The first kappa shape index (κ1) is 12.9. The molecule has 0 aliphatic carbocycles. The van der Waals surface area contributed by atoms with Crippen molar-refractivity contribution in [2.24, 2.45) is 0 Å². The molecule has 0 aromatic heterocycles. The van der Waals surface area contributed by atoms with Crippen LogP contribution in [0.3, 0.4) is 0 Å². The summed E-state index contributed by atoms with van der Waals surface area (Å²) >= 11 is 3.57. The van der Waals surface area contributed by atoms with Gasteiger partial charge in [0, 0.05) is 9.26 Å². The number of nitrogens with one attached hydrogen (secondary N) is 1. The van der Waals surface area contributed by atoms with Crippen molar-refractivity contribution in [2.45, 2.75) is 0 Å². The maximum absolute atomic E-state index is 8.76. The van der Waals surface area contributed by atoms with Gasteiger partial charge in [-0.3, -0.25) is 0 Å². The van der Waals surface area contributed by atoms with E-state index in [4.69, 9.17) is 10.5 Å². The van der Waals surface area contributed by atoms with E-state index in [0.717, 1.165) is 9.26 Å². The summed E-state index contributed by atoms with van der Waals surface area (Å²) in [5, 5.41) is 21.2. The Kier molecular flexibility index (Phi) is 5.17. The van der Waals surface area contributed by atoms with Crippen LogP contribution < -0.4 is 5.32 Å². The van der Waals surface area contributed by atoms with E-state index in [0.29, 0.717) is 5.03 Å². The van der Waals surface area contributed by atoms with Gasteiger partial charge in [0.15, 0.2) is 5.57 Å². The third kappa shape index (κ3) is 3.44. The monoisotopic (exact) mass is 341 g/mol. The van der Waals surface area contributed by atoms with Crippen LogP contribution in [0.5, 0.6) is 0 Å². The second-order valence-electron chi connectivity index (χ2n) is 2.76. The molecule has 0 fully saturated rings. The molecule has 0 atom stereocenters. The number of anilines is 1. The SMILES string of the molecule is CSC(Nc1ccc(I)cc1)=C(C#N)C#N.